The number of esters is 1. The first-order valence-corrected chi connectivity index (χ1v) is 13.6. The number of guanidine groups is 1. The van der Waals surface area contributed by atoms with E-state index in [1.807, 2.05) is 42.5 Å². The maximum absolute atomic E-state index is 13.3. The van der Waals surface area contributed by atoms with Gasteiger partial charge in [-0.2, -0.15) is 5.10 Å². The lowest BCUT2D eigenvalue weighted by Gasteiger charge is -2.20. The minimum atomic E-state index is -4.17. The lowest BCUT2D eigenvalue weighted by Crippen LogP contribution is -2.41. The summed E-state index contributed by atoms with van der Waals surface area (Å²) in [5.74, 6) is -0.685. The second-order valence-electron chi connectivity index (χ2n) is 8.16. The molecular formula is C26H24Cl2N4O5S. The Morgan fingerprint density at radius 2 is 1.79 bits per heavy atom. The number of carbonyl (C=O) groups excluding carboxylic acids is 1. The van der Waals surface area contributed by atoms with Crippen molar-refractivity contribution in [3.63, 3.8) is 0 Å². The number of carbonyl (C=O) groups is 1. The Bertz CT molecular complexity index is 1480. The summed E-state index contributed by atoms with van der Waals surface area (Å²) in [4.78, 5) is 16.0. The van der Waals surface area contributed by atoms with E-state index in [1.165, 1.54) is 37.4 Å². The lowest BCUT2D eigenvalue weighted by molar-refractivity contribution is -0.138. The Balaban J connectivity index is 1.74. The van der Waals surface area contributed by atoms with E-state index < -0.39 is 22.5 Å². The van der Waals surface area contributed by atoms with Crippen molar-refractivity contribution in [1.82, 2.24) is 9.73 Å². The molecule has 1 atom stereocenters. The van der Waals surface area contributed by atoms with E-state index in [9.17, 15) is 13.2 Å². The molecule has 0 saturated carbocycles. The lowest BCUT2D eigenvalue weighted by atomic mass is 9.91. The maximum Gasteiger partial charge on any atom is 0.327 e. The van der Waals surface area contributed by atoms with Gasteiger partial charge in [0.1, 0.15) is 12.3 Å². The monoisotopic (exact) mass is 574 g/mol. The molecule has 38 heavy (non-hydrogen) atoms. The summed E-state index contributed by atoms with van der Waals surface area (Å²) in [5.41, 5.74) is 2.47. The first kappa shape index (κ1) is 27.4. The third-order valence-corrected chi connectivity index (χ3v) is 7.62. The Morgan fingerprint density at radius 1 is 1.08 bits per heavy atom. The smallest absolute Gasteiger partial charge is 0.327 e. The molecule has 0 fully saturated rings. The number of nitrogens with one attached hydrogen (secondary N) is 1. The van der Waals surface area contributed by atoms with Gasteiger partial charge in [-0.05, 0) is 41.5 Å². The van der Waals surface area contributed by atoms with Gasteiger partial charge in [0.15, 0.2) is 0 Å². The number of hydrazone groups is 1. The van der Waals surface area contributed by atoms with Crippen LogP contribution in [0, 0.1) is 0 Å². The molecule has 9 nitrogen and oxygen atoms in total. The van der Waals surface area contributed by atoms with E-state index in [0.717, 1.165) is 11.1 Å². The van der Waals surface area contributed by atoms with Crippen molar-refractivity contribution in [3.05, 3.63) is 94.0 Å². The summed E-state index contributed by atoms with van der Waals surface area (Å²) in [7, 11) is -1.52. The van der Waals surface area contributed by atoms with E-state index in [0.29, 0.717) is 16.5 Å². The third-order valence-electron chi connectivity index (χ3n) is 5.75. The molecule has 198 valence electrons. The topological polar surface area (TPSA) is 110 Å². The van der Waals surface area contributed by atoms with Gasteiger partial charge in [-0.15, -0.1) is 0 Å². The summed E-state index contributed by atoms with van der Waals surface area (Å²) < 4.78 is 38.9. The summed E-state index contributed by atoms with van der Waals surface area (Å²) in [6.45, 7) is -0.163. The number of halogens is 2. The summed E-state index contributed by atoms with van der Waals surface area (Å²) in [5, 5.41) is 6.85. The van der Waals surface area contributed by atoms with Crippen LogP contribution < -0.4 is 9.46 Å². The average molecular weight is 575 g/mol. The zero-order chi connectivity index (χ0) is 27.3. The standard InChI is InChI=1S/C26H24Cl2N4O5S/c1-36-23-13-12-20(14-22(23)28)38(34,35)31-26(29-15-24(33)37-2)32-16-21(17-6-4-3-5-7-17)25(30-32)18-8-10-19(27)11-9-18/h3-14,21H,15-16H2,1-2H3,(H,29,31). The minimum absolute atomic E-state index is 0.116. The van der Waals surface area contributed by atoms with Crippen molar-refractivity contribution >= 4 is 50.9 Å². The molecule has 1 N–H and O–H groups in total. The van der Waals surface area contributed by atoms with Crippen LogP contribution in [0.4, 0.5) is 0 Å². The normalized spacial score (nSPS) is 15.7. The van der Waals surface area contributed by atoms with Gasteiger partial charge in [0.25, 0.3) is 10.0 Å². The van der Waals surface area contributed by atoms with Gasteiger partial charge in [0.05, 0.1) is 36.4 Å². The molecule has 0 bridgehead atoms. The first-order chi connectivity index (χ1) is 18.2. The van der Waals surface area contributed by atoms with Gasteiger partial charge in [0.2, 0.25) is 5.96 Å². The molecule has 12 heteroatoms. The molecule has 4 rings (SSSR count). The van der Waals surface area contributed by atoms with Gasteiger partial charge in [0, 0.05) is 10.9 Å². The second kappa shape index (κ2) is 11.8. The van der Waals surface area contributed by atoms with Gasteiger partial charge in [-0.1, -0.05) is 65.7 Å². The van der Waals surface area contributed by atoms with Crippen LogP contribution in [0.2, 0.25) is 10.0 Å². The van der Waals surface area contributed by atoms with Crippen LogP contribution >= 0.6 is 23.2 Å². The number of benzene rings is 3. The van der Waals surface area contributed by atoms with Crippen molar-refractivity contribution < 1.29 is 22.7 Å². The Labute approximate surface area is 230 Å². The van der Waals surface area contributed by atoms with E-state index in [4.69, 9.17) is 33.0 Å². The first-order valence-electron chi connectivity index (χ1n) is 11.4. The van der Waals surface area contributed by atoms with Crippen molar-refractivity contribution in [3.8, 4) is 5.75 Å². The molecule has 3 aromatic carbocycles. The number of ether oxygens (including phenoxy) is 2. The molecule has 0 saturated heterocycles. The summed E-state index contributed by atoms with van der Waals surface area (Å²) in [6.07, 6.45) is 0. The number of hydrogen-bond acceptors (Lipinski definition) is 7. The van der Waals surface area contributed by atoms with Crippen molar-refractivity contribution in [2.45, 2.75) is 10.8 Å². The third kappa shape index (κ3) is 6.27. The fraction of sp³-hybridized carbons (Fsp3) is 0.192. The Hall–Kier alpha value is -3.60. The highest BCUT2D eigenvalue weighted by Gasteiger charge is 2.33. The molecular weight excluding hydrogens is 551 g/mol. The van der Waals surface area contributed by atoms with Crippen LogP contribution in [0.15, 0.2) is 87.8 Å². The van der Waals surface area contributed by atoms with Gasteiger partial charge < -0.3 is 9.47 Å². The molecule has 0 aromatic heterocycles. The highest BCUT2D eigenvalue weighted by Crippen LogP contribution is 2.30. The van der Waals surface area contributed by atoms with Crippen molar-refractivity contribution in [2.24, 2.45) is 10.1 Å². The van der Waals surface area contributed by atoms with E-state index in [1.54, 1.807) is 12.1 Å². The number of methoxy groups -OCH3 is 2. The fourth-order valence-electron chi connectivity index (χ4n) is 3.83. The molecule has 1 unspecified atom stereocenters. The predicted molar refractivity (Wildman–Crippen MR) is 147 cm³/mol. The van der Waals surface area contributed by atoms with Gasteiger partial charge >= 0.3 is 5.97 Å². The molecule has 1 aliphatic rings. The molecule has 3 aromatic rings. The molecule has 0 aliphatic carbocycles. The van der Waals surface area contributed by atoms with Crippen LogP contribution in [-0.2, 0) is 19.6 Å². The number of rotatable bonds is 7. The highest BCUT2D eigenvalue weighted by atomic mass is 35.5. The molecule has 1 aliphatic heterocycles. The van der Waals surface area contributed by atoms with Crippen molar-refractivity contribution in [1.29, 1.82) is 0 Å². The Kier molecular flexibility index (Phi) is 8.55. The second-order valence-corrected chi connectivity index (χ2v) is 10.7. The van der Waals surface area contributed by atoms with E-state index >= 15 is 0 Å². The van der Waals surface area contributed by atoms with Crippen LogP contribution in [-0.4, -0.2) is 58.4 Å². The zero-order valence-corrected chi connectivity index (χ0v) is 22.8. The summed E-state index contributed by atoms with van der Waals surface area (Å²) >= 11 is 12.2. The van der Waals surface area contributed by atoms with Gasteiger partial charge in [-0.3, -0.25) is 4.79 Å². The SMILES string of the molecule is COC(=O)CN=C(NS(=O)(=O)c1ccc(OC)c(Cl)c1)N1CC(c2ccccc2)C(c2ccc(Cl)cc2)=N1. The van der Waals surface area contributed by atoms with E-state index in [-0.39, 0.29) is 28.3 Å². The van der Waals surface area contributed by atoms with Crippen LogP contribution in [0.3, 0.4) is 0 Å². The number of sulfonamides is 1. The minimum Gasteiger partial charge on any atom is -0.495 e. The Morgan fingerprint density at radius 3 is 2.42 bits per heavy atom. The van der Waals surface area contributed by atoms with Crippen LogP contribution in [0.1, 0.15) is 17.0 Å². The molecule has 1 heterocycles. The van der Waals surface area contributed by atoms with Gasteiger partial charge in [-0.25, -0.2) is 23.1 Å². The molecule has 0 amide bonds. The van der Waals surface area contributed by atoms with Crippen LogP contribution in [0.5, 0.6) is 5.75 Å². The quantitative estimate of drug-likeness (QED) is 0.256. The number of aliphatic imine (C=N–C) groups is 1. The fourth-order valence-corrected chi connectivity index (χ4v) is 5.32. The van der Waals surface area contributed by atoms with Crippen molar-refractivity contribution in [2.75, 3.05) is 27.3 Å². The van der Waals surface area contributed by atoms with Crippen LogP contribution in [0.25, 0.3) is 0 Å². The number of hydrogen-bond donors (Lipinski definition) is 1. The maximum atomic E-state index is 13.3. The van der Waals surface area contributed by atoms with E-state index in [2.05, 4.69) is 14.5 Å². The number of nitrogens with zero attached hydrogens (tertiary/aromatic N) is 3. The highest BCUT2D eigenvalue weighted by molar-refractivity contribution is 7.90. The average Bonchev–Trinajstić information content (AvgIpc) is 3.37. The predicted octanol–water partition coefficient (Wildman–Crippen LogP) is 4.31. The summed E-state index contributed by atoms with van der Waals surface area (Å²) in [6, 6.07) is 20.9. The largest absolute Gasteiger partial charge is 0.495 e. The molecule has 0 spiro atoms. The molecule has 0 radical (unpaired) electrons. The zero-order valence-electron chi connectivity index (χ0n) is 20.5.